The van der Waals surface area contributed by atoms with Crippen molar-refractivity contribution in [1.29, 1.82) is 0 Å². The number of amides is 1. The number of hydrogen-bond donors (Lipinski definition) is 1. The van der Waals surface area contributed by atoms with Crippen LogP contribution in [0.5, 0.6) is 0 Å². The van der Waals surface area contributed by atoms with Crippen LogP contribution in [0, 0.1) is 6.92 Å². The van der Waals surface area contributed by atoms with E-state index in [4.69, 9.17) is 4.74 Å². The lowest BCUT2D eigenvalue weighted by molar-refractivity contribution is 0.143. The Morgan fingerprint density at radius 3 is 3.00 bits per heavy atom. The standard InChI is InChI=1S/C12H15NO2/c1-3-7-13-12(14)15-9-11-6-4-5-10(2)8-11/h3-8H,9H2,1-2H3,(H,13,14)/b7-3+. The van der Waals surface area contributed by atoms with E-state index >= 15 is 0 Å². The molecule has 0 saturated heterocycles. The van der Waals surface area contributed by atoms with E-state index in [1.807, 2.05) is 38.1 Å². The van der Waals surface area contributed by atoms with Gasteiger partial charge in [0, 0.05) is 6.20 Å². The molecule has 3 heteroatoms. The molecule has 3 nitrogen and oxygen atoms in total. The van der Waals surface area contributed by atoms with Crippen molar-refractivity contribution < 1.29 is 9.53 Å². The number of allylic oxidation sites excluding steroid dienone is 1. The number of hydrogen-bond acceptors (Lipinski definition) is 2. The molecular formula is C12H15NO2. The number of ether oxygens (including phenoxy) is 1. The molecule has 0 atom stereocenters. The summed E-state index contributed by atoms with van der Waals surface area (Å²) in [6.07, 6.45) is 2.83. The zero-order chi connectivity index (χ0) is 11.1. The fourth-order valence-corrected chi connectivity index (χ4v) is 1.14. The quantitative estimate of drug-likeness (QED) is 0.824. The van der Waals surface area contributed by atoms with Crippen LogP contribution >= 0.6 is 0 Å². The predicted octanol–water partition coefficient (Wildman–Crippen LogP) is 2.75. The number of aryl methyl sites for hydroxylation is 1. The van der Waals surface area contributed by atoms with E-state index in [1.54, 1.807) is 12.3 Å². The van der Waals surface area contributed by atoms with Gasteiger partial charge in [-0.25, -0.2) is 4.79 Å². The molecule has 0 aliphatic heterocycles. The van der Waals surface area contributed by atoms with Crippen LogP contribution < -0.4 is 5.32 Å². The van der Waals surface area contributed by atoms with E-state index in [0.717, 1.165) is 11.1 Å². The van der Waals surface area contributed by atoms with Crippen molar-refractivity contribution in [2.75, 3.05) is 0 Å². The normalized spacial score (nSPS) is 10.3. The van der Waals surface area contributed by atoms with Crippen molar-refractivity contribution in [2.45, 2.75) is 20.5 Å². The summed E-state index contributed by atoms with van der Waals surface area (Å²) in [4.78, 5) is 11.1. The summed E-state index contributed by atoms with van der Waals surface area (Å²) in [6.45, 7) is 4.12. The molecule has 0 radical (unpaired) electrons. The molecule has 0 unspecified atom stereocenters. The predicted molar refractivity (Wildman–Crippen MR) is 59.3 cm³/mol. The van der Waals surface area contributed by atoms with Crippen molar-refractivity contribution in [3.05, 3.63) is 47.7 Å². The molecule has 15 heavy (non-hydrogen) atoms. The molecule has 0 bridgehead atoms. The topological polar surface area (TPSA) is 38.3 Å². The van der Waals surface area contributed by atoms with E-state index in [0.29, 0.717) is 6.61 Å². The van der Waals surface area contributed by atoms with Gasteiger partial charge in [0.05, 0.1) is 0 Å². The molecule has 1 rings (SSSR count). The maximum absolute atomic E-state index is 11.1. The third-order valence-electron chi connectivity index (χ3n) is 1.82. The molecule has 1 N–H and O–H groups in total. The maximum atomic E-state index is 11.1. The molecule has 0 heterocycles. The highest BCUT2D eigenvalue weighted by atomic mass is 16.5. The van der Waals surface area contributed by atoms with E-state index in [1.165, 1.54) is 0 Å². The Balaban J connectivity index is 2.40. The first-order chi connectivity index (χ1) is 7.22. The summed E-state index contributed by atoms with van der Waals surface area (Å²) < 4.78 is 4.98. The first-order valence-corrected chi connectivity index (χ1v) is 4.82. The molecule has 0 aromatic heterocycles. The molecule has 80 valence electrons. The van der Waals surface area contributed by atoms with Crippen molar-refractivity contribution in [2.24, 2.45) is 0 Å². The van der Waals surface area contributed by atoms with Crippen molar-refractivity contribution >= 4 is 6.09 Å². The largest absolute Gasteiger partial charge is 0.444 e. The molecule has 0 spiro atoms. The number of carbonyl (C=O) groups is 1. The van der Waals surface area contributed by atoms with Gasteiger partial charge in [-0.3, -0.25) is 5.32 Å². The fourth-order valence-electron chi connectivity index (χ4n) is 1.14. The average molecular weight is 205 g/mol. The number of nitrogens with one attached hydrogen (secondary N) is 1. The lowest BCUT2D eigenvalue weighted by atomic mass is 10.1. The first kappa shape index (κ1) is 11.3. The third kappa shape index (κ3) is 4.31. The second-order valence-electron chi connectivity index (χ2n) is 3.21. The highest BCUT2D eigenvalue weighted by Crippen LogP contribution is 2.05. The van der Waals surface area contributed by atoms with Crippen LogP contribution in [0.25, 0.3) is 0 Å². The van der Waals surface area contributed by atoms with Gasteiger partial charge in [-0.05, 0) is 19.4 Å². The maximum Gasteiger partial charge on any atom is 0.411 e. The van der Waals surface area contributed by atoms with Gasteiger partial charge in [-0.1, -0.05) is 35.9 Å². The zero-order valence-corrected chi connectivity index (χ0v) is 8.99. The van der Waals surface area contributed by atoms with E-state index in [9.17, 15) is 4.79 Å². The van der Waals surface area contributed by atoms with Crippen molar-refractivity contribution in [3.8, 4) is 0 Å². The summed E-state index contributed by atoms with van der Waals surface area (Å²) >= 11 is 0. The summed E-state index contributed by atoms with van der Waals surface area (Å²) in [6, 6.07) is 7.86. The molecule has 0 fully saturated rings. The number of rotatable bonds is 3. The SMILES string of the molecule is C/C=C/NC(=O)OCc1cccc(C)c1. The lowest BCUT2D eigenvalue weighted by Crippen LogP contribution is -2.18. The fraction of sp³-hybridized carbons (Fsp3) is 0.250. The highest BCUT2D eigenvalue weighted by Gasteiger charge is 1.99. The smallest absolute Gasteiger partial charge is 0.411 e. The molecule has 1 aromatic rings. The minimum absolute atomic E-state index is 0.297. The Bertz CT molecular complexity index is 358. The van der Waals surface area contributed by atoms with Crippen molar-refractivity contribution in [1.82, 2.24) is 5.32 Å². The molecule has 0 aliphatic carbocycles. The van der Waals surface area contributed by atoms with Crippen LogP contribution in [0.1, 0.15) is 18.1 Å². The second kappa shape index (κ2) is 5.86. The van der Waals surface area contributed by atoms with Gasteiger partial charge in [0.1, 0.15) is 6.61 Å². The van der Waals surface area contributed by atoms with Crippen LogP contribution in [0.4, 0.5) is 4.79 Å². The van der Waals surface area contributed by atoms with Crippen LogP contribution in [0.2, 0.25) is 0 Å². The molecule has 1 aromatic carbocycles. The van der Waals surface area contributed by atoms with Gasteiger partial charge in [-0.2, -0.15) is 0 Å². The summed E-state index contributed by atoms with van der Waals surface area (Å²) in [7, 11) is 0. The zero-order valence-electron chi connectivity index (χ0n) is 8.99. The minimum atomic E-state index is -0.436. The molecule has 0 saturated carbocycles. The van der Waals surface area contributed by atoms with Gasteiger partial charge in [-0.15, -0.1) is 0 Å². The van der Waals surface area contributed by atoms with E-state index < -0.39 is 6.09 Å². The minimum Gasteiger partial charge on any atom is -0.444 e. The Morgan fingerprint density at radius 2 is 2.33 bits per heavy atom. The first-order valence-electron chi connectivity index (χ1n) is 4.82. The van der Waals surface area contributed by atoms with E-state index in [2.05, 4.69) is 5.32 Å². The Morgan fingerprint density at radius 1 is 1.53 bits per heavy atom. The number of benzene rings is 1. The van der Waals surface area contributed by atoms with Crippen molar-refractivity contribution in [3.63, 3.8) is 0 Å². The number of carbonyl (C=O) groups excluding carboxylic acids is 1. The average Bonchev–Trinajstić information content (AvgIpc) is 2.23. The summed E-state index contributed by atoms with van der Waals surface area (Å²) in [5.74, 6) is 0. The Labute approximate surface area is 89.8 Å². The summed E-state index contributed by atoms with van der Waals surface area (Å²) in [5.41, 5.74) is 2.15. The van der Waals surface area contributed by atoms with Gasteiger partial charge < -0.3 is 4.74 Å². The lowest BCUT2D eigenvalue weighted by Gasteiger charge is -2.04. The summed E-state index contributed by atoms with van der Waals surface area (Å²) in [5, 5.41) is 2.48. The van der Waals surface area contributed by atoms with Crippen LogP contribution in [0.3, 0.4) is 0 Å². The van der Waals surface area contributed by atoms with Gasteiger partial charge in [0.15, 0.2) is 0 Å². The van der Waals surface area contributed by atoms with Crippen LogP contribution in [-0.4, -0.2) is 6.09 Å². The van der Waals surface area contributed by atoms with Gasteiger partial charge >= 0.3 is 6.09 Å². The molecule has 1 amide bonds. The van der Waals surface area contributed by atoms with Gasteiger partial charge in [0.25, 0.3) is 0 Å². The Kier molecular flexibility index (Phi) is 4.41. The molecular weight excluding hydrogens is 190 g/mol. The monoisotopic (exact) mass is 205 g/mol. The molecule has 0 aliphatic rings. The third-order valence-corrected chi connectivity index (χ3v) is 1.82. The highest BCUT2D eigenvalue weighted by molar-refractivity contribution is 5.68. The van der Waals surface area contributed by atoms with Crippen LogP contribution in [-0.2, 0) is 11.3 Å². The second-order valence-corrected chi connectivity index (χ2v) is 3.21. The van der Waals surface area contributed by atoms with Crippen LogP contribution in [0.15, 0.2) is 36.5 Å². The van der Waals surface area contributed by atoms with E-state index in [-0.39, 0.29) is 0 Å². The number of alkyl carbamates (subject to hydrolysis) is 1. The van der Waals surface area contributed by atoms with Gasteiger partial charge in [0.2, 0.25) is 0 Å². The Hall–Kier alpha value is -1.77.